The van der Waals surface area contributed by atoms with Crippen molar-refractivity contribution in [1.29, 1.82) is 0 Å². The third kappa shape index (κ3) is 5.96. The summed E-state index contributed by atoms with van der Waals surface area (Å²) in [4.78, 5) is 12.5. The monoisotopic (exact) mass is 752 g/mol. The van der Waals surface area contributed by atoms with Crippen LogP contribution in [0.25, 0.3) is 61.7 Å². The first-order valence-corrected chi connectivity index (χ1v) is 20.1. The van der Waals surface area contributed by atoms with Crippen LogP contribution in [0.3, 0.4) is 0 Å². The molecule has 3 heterocycles. The number of benzene rings is 7. The van der Waals surface area contributed by atoms with Gasteiger partial charge in [0, 0.05) is 35.0 Å². The molecular weight excluding hydrogens is 709 g/mol. The van der Waals surface area contributed by atoms with Crippen molar-refractivity contribution >= 4 is 44.9 Å². The lowest BCUT2D eigenvalue weighted by molar-refractivity contribution is 0.807. The van der Waals surface area contributed by atoms with E-state index in [2.05, 4.69) is 216 Å². The smallest absolute Gasteiger partial charge is 0.220 e. The Hall–Kier alpha value is -7.18. The quantitative estimate of drug-likeness (QED) is 0.147. The molecule has 0 N–H and O–H groups in total. The highest BCUT2D eigenvalue weighted by molar-refractivity contribution is 5.92. The lowest BCUT2D eigenvalue weighted by Crippen LogP contribution is -2.11. The lowest BCUT2D eigenvalue weighted by atomic mass is 9.88. The summed E-state index contributed by atoms with van der Waals surface area (Å²) in [6.45, 7) is 9.16. The van der Waals surface area contributed by atoms with Gasteiger partial charge in [0.2, 0.25) is 5.78 Å². The Morgan fingerprint density at radius 2 is 1.09 bits per heavy atom. The van der Waals surface area contributed by atoms with Gasteiger partial charge in [-0.25, -0.2) is 9.97 Å². The Balaban J connectivity index is 1.12. The fourth-order valence-corrected chi connectivity index (χ4v) is 8.52. The highest BCUT2D eigenvalue weighted by Gasteiger charge is 2.23. The fourth-order valence-electron chi connectivity index (χ4n) is 8.52. The second-order valence-corrected chi connectivity index (χ2v) is 15.6. The zero-order chi connectivity index (χ0) is 39.3. The summed E-state index contributed by atoms with van der Waals surface area (Å²) in [6, 6.07) is 60.5. The minimum atomic E-state index is 0.303. The van der Waals surface area contributed by atoms with Crippen LogP contribution in [0.2, 0.25) is 0 Å². The average Bonchev–Trinajstić information content (AvgIpc) is 3.98. The van der Waals surface area contributed by atoms with Crippen LogP contribution in [0, 0.1) is 0 Å². The van der Waals surface area contributed by atoms with Crippen LogP contribution in [-0.2, 0) is 0 Å². The molecule has 0 aliphatic heterocycles. The summed E-state index contributed by atoms with van der Waals surface area (Å²) >= 11 is 0. The van der Waals surface area contributed by atoms with Crippen LogP contribution in [0.15, 0.2) is 182 Å². The molecule has 0 aliphatic carbocycles. The average molecular weight is 753 g/mol. The minimum Gasteiger partial charge on any atom is -0.310 e. The van der Waals surface area contributed by atoms with E-state index in [9.17, 15) is 0 Å². The number of hydrogen-bond acceptors (Lipinski definition) is 3. The van der Waals surface area contributed by atoms with E-state index in [1.165, 1.54) is 27.9 Å². The third-order valence-electron chi connectivity index (χ3n) is 11.2. The molecule has 6 heteroatoms. The van der Waals surface area contributed by atoms with Crippen LogP contribution in [0.4, 0.5) is 17.1 Å². The first-order chi connectivity index (χ1) is 28.4. The van der Waals surface area contributed by atoms with E-state index in [4.69, 9.17) is 9.97 Å². The van der Waals surface area contributed by atoms with Crippen LogP contribution < -0.4 is 4.90 Å². The number of anilines is 3. The maximum atomic E-state index is 5.15. The zero-order valence-electron chi connectivity index (χ0n) is 33.2. The van der Waals surface area contributed by atoms with Gasteiger partial charge in [0.25, 0.3) is 0 Å². The molecule has 0 saturated heterocycles. The van der Waals surface area contributed by atoms with Gasteiger partial charge in [-0.15, -0.1) is 0 Å². The molecule has 6 nitrogen and oxygen atoms in total. The number of imidazole rings is 3. The molecule has 0 amide bonds. The fraction of sp³-hybridized carbons (Fsp3) is 0.115. The topological polar surface area (TPSA) is 43.3 Å². The molecule has 10 aromatic rings. The Bertz CT molecular complexity index is 3050. The Morgan fingerprint density at radius 3 is 1.81 bits per heavy atom. The largest absolute Gasteiger partial charge is 0.310 e. The van der Waals surface area contributed by atoms with Crippen LogP contribution in [0.5, 0.6) is 0 Å². The van der Waals surface area contributed by atoms with Gasteiger partial charge in [-0.3, -0.25) is 13.5 Å². The van der Waals surface area contributed by atoms with Crippen molar-refractivity contribution in [2.75, 3.05) is 4.90 Å². The van der Waals surface area contributed by atoms with Crippen molar-refractivity contribution in [1.82, 2.24) is 23.5 Å². The predicted octanol–water partition coefficient (Wildman–Crippen LogP) is 13.7. The molecule has 10 rings (SSSR count). The number of rotatable bonds is 9. The molecule has 0 fully saturated rings. The summed E-state index contributed by atoms with van der Waals surface area (Å²) in [7, 11) is 0. The molecule has 7 aromatic carbocycles. The predicted molar refractivity (Wildman–Crippen MR) is 240 cm³/mol. The second-order valence-electron chi connectivity index (χ2n) is 15.6. The molecule has 0 radical (unpaired) electrons. The van der Waals surface area contributed by atoms with E-state index in [1.807, 2.05) is 12.3 Å². The molecular formula is C52H44N6. The molecule has 0 unspecified atom stereocenters. The molecule has 0 spiro atoms. The van der Waals surface area contributed by atoms with Gasteiger partial charge < -0.3 is 4.90 Å². The van der Waals surface area contributed by atoms with Gasteiger partial charge in [0.15, 0.2) is 0 Å². The highest BCUT2D eigenvalue weighted by Crippen LogP contribution is 2.41. The summed E-state index contributed by atoms with van der Waals surface area (Å²) in [5, 5.41) is 0. The van der Waals surface area contributed by atoms with E-state index in [0.717, 1.165) is 62.0 Å². The summed E-state index contributed by atoms with van der Waals surface area (Å²) in [5.41, 5.74) is 15.8. The van der Waals surface area contributed by atoms with Crippen molar-refractivity contribution in [3.63, 3.8) is 0 Å². The summed E-state index contributed by atoms with van der Waals surface area (Å²) in [6.07, 6.45) is 4.05. The van der Waals surface area contributed by atoms with Crippen LogP contribution >= 0.6 is 0 Å². The highest BCUT2D eigenvalue weighted by atomic mass is 15.2. The number of fused-ring (bicyclic) bond motifs is 5. The van der Waals surface area contributed by atoms with Crippen molar-refractivity contribution in [3.8, 4) is 33.9 Å². The first kappa shape index (κ1) is 35.2. The number of para-hydroxylation sites is 5. The first-order valence-electron chi connectivity index (χ1n) is 20.1. The molecule has 0 saturated carbocycles. The van der Waals surface area contributed by atoms with Crippen molar-refractivity contribution < 1.29 is 0 Å². The lowest BCUT2D eigenvalue weighted by Gasteiger charge is -2.27. The standard InChI is InChI=1S/C52H44N6/c1-35(2)44-32-39(37-17-7-5-8-18-37)33-45(36(3)4)50(44)55-30-29-53-51(55)38-19-15-22-41(31-38)56(40-20-9-6-10-21-40)42-23-16-24-43(34-42)57-48-27-13-14-28-49(48)58-47-26-12-11-25-46(47)54-52(57)58/h5-36H,1-4H3. The van der Waals surface area contributed by atoms with E-state index in [1.54, 1.807) is 0 Å². The maximum absolute atomic E-state index is 5.15. The van der Waals surface area contributed by atoms with Gasteiger partial charge in [0.05, 0.1) is 33.4 Å². The molecule has 0 atom stereocenters. The third-order valence-corrected chi connectivity index (χ3v) is 11.2. The van der Waals surface area contributed by atoms with Crippen LogP contribution in [0.1, 0.15) is 50.7 Å². The van der Waals surface area contributed by atoms with E-state index < -0.39 is 0 Å². The Morgan fingerprint density at radius 1 is 0.500 bits per heavy atom. The molecule has 3 aromatic heterocycles. The maximum Gasteiger partial charge on any atom is 0.220 e. The summed E-state index contributed by atoms with van der Waals surface area (Å²) < 4.78 is 6.85. The number of hydrogen-bond donors (Lipinski definition) is 0. The van der Waals surface area contributed by atoms with E-state index >= 15 is 0 Å². The van der Waals surface area contributed by atoms with Crippen LogP contribution in [-0.4, -0.2) is 23.5 Å². The Kier molecular flexibility index (Phi) is 8.75. The molecule has 0 aliphatic rings. The van der Waals surface area contributed by atoms with Gasteiger partial charge >= 0.3 is 0 Å². The SMILES string of the molecule is CC(C)c1cc(-c2ccccc2)cc(C(C)C)c1-n1ccnc1-c1cccc(N(c2ccccc2)c2cccc(-n3c4ccccc4n4c5ccccc5nc34)c2)c1. The van der Waals surface area contributed by atoms with Crippen molar-refractivity contribution in [2.45, 2.75) is 39.5 Å². The number of nitrogens with zero attached hydrogens (tertiary/aromatic N) is 6. The Labute approximate surface area is 338 Å². The van der Waals surface area contributed by atoms with Crippen molar-refractivity contribution in [3.05, 3.63) is 193 Å². The molecule has 58 heavy (non-hydrogen) atoms. The second kappa shape index (κ2) is 14.4. The van der Waals surface area contributed by atoms with Gasteiger partial charge in [-0.05, 0) is 113 Å². The molecule has 282 valence electrons. The zero-order valence-corrected chi connectivity index (χ0v) is 33.2. The normalized spacial score (nSPS) is 11.8. The molecule has 0 bridgehead atoms. The van der Waals surface area contributed by atoms with Gasteiger partial charge in [0.1, 0.15) is 5.82 Å². The van der Waals surface area contributed by atoms with Gasteiger partial charge in [-0.1, -0.05) is 119 Å². The summed E-state index contributed by atoms with van der Waals surface area (Å²) in [5.74, 6) is 2.40. The van der Waals surface area contributed by atoms with Gasteiger partial charge in [-0.2, -0.15) is 0 Å². The number of aromatic nitrogens is 5. The van der Waals surface area contributed by atoms with Crippen molar-refractivity contribution in [2.24, 2.45) is 0 Å². The van der Waals surface area contributed by atoms with E-state index in [-0.39, 0.29) is 0 Å². The minimum absolute atomic E-state index is 0.303. The van der Waals surface area contributed by atoms with E-state index in [0.29, 0.717) is 11.8 Å².